The van der Waals surface area contributed by atoms with Crippen LogP contribution < -0.4 is 0 Å². The lowest BCUT2D eigenvalue weighted by Crippen LogP contribution is -2.15. The molecule has 0 unspecified atom stereocenters. The van der Waals surface area contributed by atoms with Crippen molar-refractivity contribution < 1.29 is 35.5 Å². The Balaban J connectivity index is 2.43. The van der Waals surface area contributed by atoms with Crippen molar-refractivity contribution in [2.24, 2.45) is 0 Å². The van der Waals surface area contributed by atoms with E-state index in [-0.39, 0.29) is 11.1 Å². The molecule has 0 aromatic heterocycles. The first-order valence-electron chi connectivity index (χ1n) is 6.24. The maximum absolute atomic E-state index is 12.1. The average molecular weight is 370 g/mol. The second kappa shape index (κ2) is 6.24. The van der Waals surface area contributed by atoms with E-state index in [0.717, 1.165) is 36.4 Å². The molecule has 24 heavy (non-hydrogen) atoms. The molecule has 2 aromatic rings. The van der Waals surface area contributed by atoms with Crippen LogP contribution in [0.15, 0.2) is 58.3 Å². The summed E-state index contributed by atoms with van der Waals surface area (Å²) in [6.45, 7) is 0. The third-order valence-electron chi connectivity index (χ3n) is 2.99. The Labute approximate surface area is 137 Å². The largest absolute Gasteiger partial charge is 0.294 e. The van der Waals surface area contributed by atoms with Crippen LogP contribution >= 0.6 is 0 Å². The molecule has 0 saturated carbocycles. The minimum Gasteiger partial charge on any atom is -0.285 e. The van der Waals surface area contributed by atoms with E-state index in [1.807, 2.05) is 0 Å². The van der Waals surface area contributed by atoms with Gasteiger partial charge in [-0.25, -0.2) is 0 Å². The van der Waals surface area contributed by atoms with Crippen LogP contribution in [-0.2, 0) is 20.2 Å². The van der Waals surface area contributed by atoms with Crippen LogP contribution in [0.2, 0.25) is 0 Å². The summed E-state index contributed by atoms with van der Waals surface area (Å²) in [4.78, 5) is 23.2. The molecule has 8 nitrogen and oxygen atoms in total. The fourth-order valence-corrected chi connectivity index (χ4v) is 2.91. The van der Waals surface area contributed by atoms with E-state index in [1.54, 1.807) is 0 Å². The maximum Gasteiger partial charge on any atom is 0.294 e. The Bertz CT molecular complexity index is 950. The van der Waals surface area contributed by atoms with Gasteiger partial charge in [0.05, 0.1) is 9.79 Å². The van der Waals surface area contributed by atoms with Crippen LogP contribution in [0.3, 0.4) is 0 Å². The number of ketones is 2. The number of hydrogen-bond donors (Lipinski definition) is 2. The number of rotatable bonds is 5. The quantitative estimate of drug-likeness (QED) is 0.455. The predicted molar refractivity (Wildman–Crippen MR) is 81.2 cm³/mol. The van der Waals surface area contributed by atoms with E-state index < -0.39 is 41.6 Å². The predicted octanol–water partition coefficient (Wildman–Crippen LogP) is 1.25. The lowest BCUT2D eigenvalue weighted by molar-refractivity contribution is 0.0816. The van der Waals surface area contributed by atoms with Gasteiger partial charge < -0.3 is 0 Å². The van der Waals surface area contributed by atoms with Gasteiger partial charge in [0, 0.05) is 11.1 Å². The Kier molecular flexibility index (Phi) is 4.67. The Morgan fingerprint density at radius 1 is 0.667 bits per heavy atom. The Hall–Kier alpha value is -2.40. The molecule has 2 aromatic carbocycles. The average Bonchev–Trinajstić information content (AvgIpc) is 2.52. The third kappa shape index (κ3) is 3.92. The smallest absolute Gasteiger partial charge is 0.285 e. The first kappa shape index (κ1) is 17.9. The zero-order valence-corrected chi connectivity index (χ0v) is 13.4. The zero-order valence-electron chi connectivity index (χ0n) is 11.8. The summed E-state index contributed by atoms with van der Waals surface area (Å²) in [5.74, 6) is -2.21. The Morgan fingerprint density at radius 2 is 1.00 bits per heavy atom. The summed E-state index contributed by atoms with van der Waals surface area (Å²) in [6.07, 6.45) is 0. The van der Waals surface area contributed by atoms with E-state index in [2.05, 4.69) is 0 Å². The number of carbonyl (C=O) groups excluding carboxylic acids is 2. The molecular weight excluding hydrogens is 360 g/mol. The van der Waals surface area contributed by atoms with E-state index in [4.69, 9.17) is 9.11 Å². The van der Waals surface area contributed by atoms with Crippen molar-refractivity contribution in [1.29, 1.82) is 0 Å². The van der Waals surface area contributed by atoms with E-state index >= 15 is 0 Å². The van der Waals surface area contributed by atoms with Crippen LogP contribution in [-0.4, -0.2) is 37.5 Å². The summed E-state index contributed by atoms with van der Waals surface area (Å²) in [7, 11) is -9.10. The van der Waals surface area contributed by atoms with E-state index in [1.165, 1.54) is 12.1 Å². The molecule has 10 heteroatoms. The van der Waals surface area contributed by atoms with Crippen LogP contribution in [0, 0.1) is 0 Å². The van der Waals surface area contributed by atoms with Crippen molar-refractivity contribution in [2.75, 3.05) is 0 Å². The summed E-state index contributed by atoms with van der Waals surface area (Å²) in [6, 6.07) is 8.38. The van der Waals surface area contributed by atoms with Crippen molar-refractivity contribution in [2.45, 2.75) is 9.79 Å². The molecule has 0 saturated heterocycles. The molecule has 0 aliphatic rings. The molecule has 2 rings (SSSR count). The highest BCUT2D eigenvalue weighted by atomic mass is 32.2. The molecule has 0 aliphatic carbocycles. The van der Waals surface area contributed by atoms with Gasteiger partial charge >= 0.3 is 0 Å². The molecule has 0 fully saturated rings. The molecule has 0 aliphatic heterocycles. The lowest BCUT2D eigenvalue weighted by Gasteiger charge is -2.04. The highest BCUT2D eigenvalue weighted by Crippen LogP contribution is 2.16. The standard InChI is InChI=1S/C14H10O8S2/c15-13(9-3-1-5-11(7-9)23(17,18)19)14(16)10-4-2-6-12(8-10)24(20,21)22/h1-8H,(H,17,18,19)(H,20,21,22). The fraction of sp³-hybridized carbons (Fsp3) is 0. The second-order valence-electron chi connectivity index (χ2n) is 4.66. The number of hydrogen-bond acceptors (Lipinski definition) is 6. The molecule has 0 bridgehead atoms. The topological polar surface area (TPSA) is 143 Å². The van der Waals surface area contributed by atoms with E-state index in [9.17, 15) is 26.4 Å². The summed E-state index contributed by atoms with van der Waals surface area (Å²) >= 11 is 0. The number of carbonyl (C=O) groups is 2. The van der Waals surface area contributed by atoms with Gasteiger partial charge in [-0.2, -0.15) is 16.8 Å². The summed E-state index contributed by atoms with van der Waals surface area (Å²) in [5, 5.41) is 0. The highest BCUT2D eigenvalue weighted by molar-refractivity contribution is 7.86. The van der Waals surface area contributed by atoms with Gasteiger partial charge in [0.25, 0.3) is 20.2 Å². The molecule has 0 spiro atoms. The normalized spacial score (nSPS) is 11.9. The Morgan fingerprint density at radius 3 is 1.29 bits per heavy atom. The summed E-state index contributed by atoms with van der Waals surface area (Å²) < 4.78 is 62.2. The summed E-state index contributed by atoms with van der Waals surface area (Å²) in [5.41, 5.74) is -0.597. The van der Waals surface area contributed by atoms with Crippen molar-refractivity contribution in [1.82, 2.24) is 0 Å². The molecule has 126 valence electrons. The molecular formula is C14H10O8S2. The maximum atomic E-state index is 12.1. The van der Waals surface area contributed by atoms with Gasteiger partial charge in [0.15, 0.2) is 0 Å². The van der Waals surface area contributed by atoms with Gasteiger partial charge in [-0.15, -0.1) is 0 Å². The first-order valence-corrected chi connectivity index (χ1v) is 9.12. The van der Waals surface area contributed by atoms with Crippen molar-refractivity contribution in [3.05, 3.63) is 59.7 Å². The molecule has 0 atom stereocenters. The molecule has 0 heterocycles. The zero-order chi connectivity index (χ0) is 18.1. The SMILES string of the molecule is O=C(C(=O)c1cccc(S(=O)(=O)O)c1)c1cccc(S(=O)(=O)O)c1. The van der Waals surface area contributed by atoms with Gasteiger partial charge in [0.2, 0.25) is 11.6 Å². The highest BCUT2D eigenvalue weighted by Gasteiger charge is 2.22. The number of Topliss-reactive ketones (excluding diaryl/α,β-unsaturated/α-hetero) is 2. The van der Waals surface area contributed by atoms with Crippen molar-refractivity contribution in [3.8, 4) is 0 Å². The molecule has 2 N–H and O–H groups in total. The van der Waals surface area contributed by atoms with Gasteiger partial charge in [-0.3, -0.25) is 18.7 Å². The molecule has 0 radical (unpaired) electrons. The number of benzene rings is 2. The monoisotopic (exact) mass is 370 g/mol. The van der Waals surface area contributed by atoms with Gasteiger partial charge in [0.1, 0.15) is 0 Å². The van der Waals surface area contributed by atoms with Crippen LogP contribution in [0.5, 0.6) is 0 Å². The van der Waals surface area contributed by atoms with Gasteiger partial charge in [-0.05, 0) is 24.3 Å². The van der Waals surface area contributed by atoms with Crippen LogP contribution in [0.25, 0.3) is 0 Å². The van der Waals surface area contributed by atoms with Crippen LogP contribution in [0.4, 0.5) is 0 Å². The first-order chi connectivity index (χ1) is 11.0. The van der Waals surface area contributed by atoms with Crippen molar-refractivity contribution in [3.63, 3.8) is 0 Å². The van der Waals surface area contributed by atoms with Gasteiger partial charge in [-0.1, -0.05) is 24.3 Å². The van der Waals surface area contributed by atoms with Crippen LogP contribution in [0.1, 0.15) is 20.7 Å². The second-order valence-corrected chi connectivity index (χ2v) is 7.51. The lowest BCUT2D eigenvalue weighted by atomic mass is 10.0. The minimum absolute atomic E-state index is 0.299. The van der Waals surface area contributed by atoms with Crippen molar-refractivity contribution >= 4 is 31.8 Å². The molecule has 0 amide bonds. The van der Waals surface area contributed by atoms with E-state index in [0.29, 0.717) is 0 Å². The third-order valence-corrected chi connectivity index (χ3v) is 4.69. The fourth-order valence-electron chi connectivity index (χ4n) is 1.86. The minimum atomic E-state index is -4.55.